The lowest BCUT2D eigenvalue weighted by atomic mass is 10.2. The fraction of sp³-hybridized carbons (Fsp3) is 0.176. The molecule has 0 aliphatic rings. The molecular formula is C17H15ClIN3O5. The molecule has 0 fully saturated rings. The van der Waals surface area contributed by atoms with Crippen LogP contribution >= 0.6 is 34.2 Å². The Balaban J connectivity index is 2.11. The van der Waals surface area contributed by atoms with Crippen LogP contribution in [0, 0.1) is 3.57 Å². The van der Waals surface area contributed by atoms with Gasteiger partial charge in [0, 0.05) is 6.20 Å². The molecule has 0 aliphatic heterocycles. The number of amides is 1. The molecule has 8 nitrogen and oxygen atoms in total. The first-order chi connectivity index (χ1) is 13.0. The summed E-state index contributed by atoms with van der Waals surface area (Å²) < 4.78 is 16.0. The number of carbonyl (C=O) groups excluding carboxylic acids is 2. The minimum Gasteiger partial charge on any atom is -0.493 e. The van der Waals surface area contributed by atoms with E-state index >= 15 is 0 Å². The molecule has 0 aliphatic carbocycles. The average Bonchev–Trinajstić information content (AvgIpc) is 2.66. The quantitative estimate of drug-likeness (QED) is 0.205. The van der Waals surface area contributed by atoms with Crippen molar-refractivity contribution in [2.24, 2.45) is 5.10 Å². The standard InChI is InChI=1S/C17H15ClIN3O5/c1-25-13-7-10(6-12(19)15(13)27-9-14(23)26-2)8-21-22-17(24)11-4-3-5-20-16(11)18/h3-8H,9H2,1-2H3,(H,22,24). The fourth-order valence-corrected chi connectivity index (χ4v) is 2.91. The first-order valence-corrected chi connectivity index (χ1v) is 8.93. The number of ether oxygens (including phenoxy) is 3. The van der Waals surface area contributed by atoms with Crippen LogP contribution < -0.4 is 14.9 Å². The zero-order chi connectivity index (χ0) is 19.8. The van der Waals surface area contributed by atoms with Crippen LogP contribution in [0.5, 0.6) is 11.5 Å². The van der Waals surface area contributed by atoms with Gasteiger partial charge in [0.15, 0.2) is 18.1 Å². The van der Waals surface area contributed by atoms with Gasteiger partial charge in [-0.05, 0) is 52.4 Å². The van der Waals surface area contributed by atoms with Crippen molar-refractivity contribution in [2.45, 2.75) is 0 Å². The molecule has 0 saturated carbocycles. The lowest BCUT2D eigenvalue weighted by Crippen LogP contribution is -2.18. The van der Waals surface area contributed by atoms with E-state index in [-0.39, 0.29) is 17.3 Å². The molecule has 0 spiro atoms. The summed E-state index contributed by atoms with van der Waals surface area (Å²) in [7, 11) is 2.75. The number of hydrogen-bond donors (Lipinski definition) is 1. The lowest BCUT2D eigenvalue weighted by molar-refractivity contribution is -0.142. The largest absolute Gasteiger partial charge is 0.493 e. The summed E-state index contributed by atoms with van der Waals surface area (Å²) in [6, 6.07) is 6.55. The van der Waals surface area contributed by atoms with Crippen LogP contribution in [0.15, 0.2) is 35.6 Å². The second-order valence-electron chi connectivity index (χ2n) is 4.94. The van der Waals surface area contributed by atoms with Gasteiger partial charge in [0.05, 0.1) is 29.6 Å². The maximum atomic E-state index is 12.0. The molecule has 27 heavy (non-hydrogen) atoms. The zero-order valence-electron chi connectivity index (χ0n) is 14.4. The summed E-state index contributed by atoms with van der Waals surface area (Å²) in [6.45, 7) is -0.238. The van der Waals surface area contributed by atoms with Crippen LogP contribution in [0.1, 0.15) is 15.9 Å². The molecule has 1 N–H and O–H groups in total. The van der Waals surface area contributed by atoms with Crippen LogP contribution in [0.4, 0.5) is 0 Å². The maximum Gasteiger partial charge on any atom is 0.343 e. The van der Waals surface area contributed by atoms with Gasteiger partial charge in [-0.2, -0.15) is 5.10 Å². The van der Waals surface area contributed by atoms with Gasteiger partial charge in [-0.3, -0.25) is 4.79 Å². The number of aromatic nitrogens is 1. The van der Waals surface area contributed by atoms with Crippen molar-refractivity contribution < 1.29 is 23.8 Å². The van der Waals surface area contributed by atoms with Gasteiger partial charge in [-0.25, -0.2) is 15.2 Å². The van der Waals surface area contributed by atoms with Crippen molar-refractivity contribution in [2.75, 3.05) is 20.8 Å². The summed E-state index contributed by atoms with van der Waals surface area (Å²) in [6.07, 6.45) is 2.93. The van der Waals surface area contributed by atoms with Crippen LogP contribution in [0.25, 0.3) is 0 Å². The SMILES string of the molecule is COC(=O)COc1c(I)cc(C=NNC(=O)c2cccnc2Cl)cc1OC. The number of esters is 1. The number of methoxy groups -OCH3 is 2. The van der Waals surface area contributed by atoms with Gasteiger partial charge in [0.2, 0.25) is 0 Å². The second-order valence-corrected chi connectivity index (χ2v) is 6.46. The van der Waals surface area contributed by atoms with Gasteiger partial charge < -0.3 is 14.2 Å². The fourth-order valence-electron chi connectivity index (χ4n) is 1.93. The Morgan fingerprint density at radius 3 is 2.81 bits per heavy atom. The van der Waals surface area contributed by atoms with Gasteiger partial charge in [-0.15, -0.1) is 0 Å². The summed E-state index contributed by atoms with van der Waals surface area (Å²) in [5.74, 6) is -0.167. The number of hydrogen-bond acceptors (Lipinski definition) is 7. The topological polar surface area (TPSA) is 99.1 Å². The number of nitrogens with one attached hydrogen (secondary N) is 1. The molecule has 0 saturated heterocycles. The Kier molecular flexibility index (Phi) is 7.80. The molecule has 0 bridgehead atoms. The Bertz CT molecular complexity index is 876. The van der Waals surface area contributed by atoms with Crippen molar-refractivity contribution in [1.29, 1.82) is 0 Å². The van der Waals surface area contributed by atoms with Gasteiger partial charge in [0.25, 0.3) is 5.91 Å². The van der Waals surface area contributed by atoms with E-state index in [1.165, 1.54) is 26.6 Å². The summed E-state index contributed by atoms with van der Waals surface area (Å²) in [5.41, 5.74) is 3.25. The molecule has 1 aromatic heterocycles. The molecule has 142 valence electrons. The van der Waals surface area contributed by atoms with E-state index in [0.717, 1.165) is 0 Å². The molecule has 1 amide bonds. The zero-order valence-corrected chi connectivity index (χ0v) is 17.3. The van der Waals surface area contributed by atoms with E-state index in [9.17, 15) is 9.59 Å². The van der Waals surface area contributed by atoms with Crippen molar-refractivity contribution >= 4 is 52.3 Å². The smallest absolute Gasteiger partial charge is 0.343 e. The predicted molar refractivity (Wildman–Crippen MR) is 108 cm³/mol. The third-order valence-corrected chi connectivity index (χ3v) is 4.30. The molecule has 2 aromatic rings. The second kappa shape index (κ2) is 10.1. The van der Waals surface area contributed by atoms with Gasteiger partial charge in [-0.1, -0.05) is 11.6 Å². The highest BCUT2D eigenvalue weighted by molar-refractivity contribution is 14.1. The summed E-state index contributed by atoms with van der Waals surface area (Å²) in [4.78, 5) is 27.1. The van der Waals surface area contributed by atoms with Crippen molar-refractivity contribution in [1.82, 2.24) is 10.4 Å². The van der Waals surface area contributed by atoms with Crippen molar-refractivity contribution in [3.63, 3.8) is 0 Å². The lowest BCUT2D eigenvalue weighted by Gasteiger charge is -2.12. The Labute approximate surface area is 174 Å². The monoisotopic (exact) mass is 503 g/mol. The van der Waals surface area contributed by atoms with E-state index < -0.39 is 11.9 Å². The summed E-state index contributed by atoms with van der Waals surface area (Å²) in [5, 5.41) is 4.00. The van der Waals surface area contributed by atoms with E-state index in [0.29, 0.717) is 20.6 Å². The molecule has 1 aromatic carbocycles. The number of pyridine rings is 1. The number of rotatable bonds is 7. The maximum absolute atomic E-state index is 12.0. The molecule has 2 rings (SSSR count). The highest BCUT2D eigenvalue weighted by Crippen LogP contribution is 2.33. The molecule has 1 heterocycles. The average molecular weight is 504 g/mol. The summed E-state index contributed by atoms with van der Waals surface area (Å²) >= 11 is 7.91. The van der Waals surface area contributed by atoms with E-state index in [2.05, 4.69) is 20.2 Å². The number of halogens is 2. The van der Waals surface area contributed by atoms with Crippen LogP contribution in [0.2, 0.25) is 5.15 Å². The Hall–Kier alpha value is -2.40. The van der Waals surface area contributed by atoms with Crippen LogP contribution in [-0.4, -0.2) is 43.9 Å². The minimum absolute atomic E-state index is 0.0912. The predicted octanol–water partition coefficient (Wildman–Crippen LogP) is 2.66. The van der Waals surface area contributed by atoms with Crippen molar-refractivity contribution in [3.8, 4) is 11.5 Å². The third-order valence-electron chi connectivity index (χ3n) is 3.20. The molecule has 10 heteroatoms. The van der Waals surface area contributed by atoms with Crippen LogP contribution in [0.3, 0.4) is 0 Å². The van der Waals surface area contributed by atoms with Crippen molar-refractivity contribution in [3.05, 3.63) is 50.3 Å². The Morgan fingerprint density at radius 2 is 2.15 bits per heavy atom. The number of nitrogens with zero attached hydrogens (tertiary/aromatic N) is 2. The first kappa shape index (κ1) is 20.9. The first-order valence-electron chi connectivity index (χ1n) is 7.47. The molecule has 0 radical (unpaired) electrons. The molecular weight excluding hydrogens is 489 g/mol. The third kappa shape index (κ3) is 5.79. The van der Waals surface area contributed by atoms with Gasteiger partial charge in [0.1, 0.15) is 5.15 Å². The molecule has 0 unspecified atom stereocenters. The normalized spacial score (nSPS) is 10.5. The van der Waals surface area contributed by atoms with Crippen LogP contribution in [-0.2, 0) is 9.53 Å². The van der Waals surface area contributed by atoms with E-state index in [1.54, 1.807) is 24.3 Å². The highest BCUT2D eigenvalue weighted by atomic mass is 127. The van der Waals surface area contributed by atoms with Gasteiger partial charge >= 0.3 is 5.97 Å². The number of carbonyl (C=O) groups is 2. The minimum atomic E-state index is -0.504. The van der Waals surface area contributed by atoms with E-state index in [4.69, 9.17) is 21.1 Å². The van der Waals surface area contributed by atoms with E-state index in [1.807, 2.05) is 22.6 Å². The highest BCUT2D eigenvalue weighted by Gasteiger charge is 2.13. The number of benzene rings is 1. The Morgan fingerprint density at radius 1 is 1.37 bits per heavy atom. The number of hydrazone groups is 1. The molecule has 0 atom stereocenters.